The Hall–Kier alpha value is -0.160. The lowest BCUT2D eigenvalue weighted by atomic mass is 10.0. The Labute approximate surface area is 104 Å². The lowest BCUT2D eigenvalue weighted by Gasteiger charge is -2.26. The molecule has 0 atom stereocenters. The van der Waals surface area contributed by atoms with E-state index in [0.717, 1.165) is 25.7 Å². The average Bonchev–Trinajstić information content (AvgIpc) is 2.39. The van der Waals surface area contributed by atoms with Crippen molar-refractivity contribution in [1.82, 2.24) is 0 Å². The normalized spacial score (nSPS) is 24.4. The van der Waals surface area contributed by atoms with Crippen LogP contribution in [0.2, 0.25) is 0 Å². The van der Waals surface area contributed by atoms with Crippen LogP contribution >= 0.6 is 0 Å². The molecule has 1 aliphatic rings. The zero-order valence-electron chi connectivity index (χ0n) is 10.7. The molecule has 0 amide bonds. The van der Waals surface area contributed by atoms with Crippen molar-refractivity contribution in [2.45, 2.75) is 82.8 Å². The van der Waals surface area contributed by atoms with Gasteiger partial charge in [0, 0.05) is 12.8 Å². The summed E-state index contributed by atoms with van der Waals surface area (Å²) in [5, 5.41) is 17.8. The molecule has 102 valence electrons. The smallest absolute Gasteiger partial charge is 0.233 e. The van der Waals surface area contributed by atoms with E-state index in [1.807, 2.05) is 0 Å². The van der Waals surface area contributed by atoms with Crippen LogP contribution in [0.3, 0.4) is 0 Å². The van der Waals surface area contributed by atoms with Crippen molar-refractivity contribution in [2.24, 2.45) is 0 Å². The van der Waals surface area contributed by atoms with Gasteiger partial charge < -0.3 is 0 Å². The lowest BCUT2D eigenvalue weighted by Crippen LogP contribution is -2.34. The molecule has 0 bridgehead atoms. The second-order valence-corrected chi connectivity index (χ2v) is 5.13. The van der Waals surface area contributed by atoms with E-state index in [4.69, 9.17) is 10.5 Å². The molecule has 0 aliphatic heterocycles. The van der Waals surface area contributed by atoms with Gasteiger partial charge in [0.1, 0.15) is 0 Å². The van der Waals surface area contributed by atoms with Crippen LogP contribution in [0.25, 0.3) is 0 Å². The molecule has 0 heterocycles. The number of rotatable bonds is 2. The summed E-state index contributed by atoms with van der Waals surface area (Å²) >= 11 is 0. The Morgan fingerprint density at radius 1 is 0.529 bits per heavy atom. The fourth-order valence-corrected chi connectivity index (χ4v) is 2.53. The molecule has 0 unspecified atom stereocenters. The van der Waals surface area contributed by atoms with Crippen molar-refractivity contribution in [3.05, 3.63) is 0 Å². The Kier molecular flexibility index (Phi) is 7.77. The van der Waals surface area contributed by atoms with Crippen molar-refractivity contribution in [3.8, 4) is 0 Å². The largest absolute Gasteiger partial charge is 0.249 e. The molecule has 1 aliphatic carbocycles. The van der Waals surface area contributed by atoms with E-state index in [-0.39, 0.29) is 0 Å². The molecule has 4 nitrogen and oxygen atoms in total. The fraction of sp³-hybridized carbons (Fsp3) is 1.00. The molecule has 0 spiro atoms. The highest BCUT2D eigenvalue weighted by molar-refractivity contribution is 4.68. The summed E-state index contributed by atoms with van der Waals surface area (Å²) in [6.07, 6.45) is 12.8. The van der Waals surface area contributed by atoms with Crippen LogP contribution in [-0.4, -0.2) is 16.3 Å². The van der Waals surface area contributed by atoms with Gasteiger partial charge in [0.15, 0.2) is 0 Å². The summed E-state index contributed by atoms with van der Waals surface area (Å²) in [7, 11) is 0. The standard InChI is InChI=1S/C13H26O4/c14-16-13(17-15)11-9-7-5-3-1-2-4-6-8-10-12-13/h14-15H,1-12H2. The first kappa shape index (κ1) is 14.9. The highest BCUT2D eigenvalue weighted by Crippen LogP contribution is 2.27. The third-order valence-electron chi connectivity index (χ3n) is 3.70. The molecule has 1 fully saturated rings. The summed E-state index contributed by atoms with van der Waals surface area (Å²) in [6.45, 7) is 0. The minimum absolute atomic E-state index is 0.556. The monoisotopic (exact) mass is 246 g/mol. The van der Waals surface area contributed by atoms with Crippen molar-refractivity contribution in [2.75, 3.05) is 0 Å². The predicted molar refractivity (Wildman–Crippen MR) is 65.6 cm³/mol. The number of hydrogen-bond acceptors (Lipinski definition) is 4. The van der Waals surface area contributed by atoms with Crippen molar-refractivity contribution < 1.29 is 20.3 Å². The lowest BCUT2D eigenvalue weighted by molar-refractivity contribution is -0.490. The third-order valence-corrected chi connectivity index (χ3v) is 3.70. The second-order valence-electron chi connectivity index (χ2n) is 5.13. The first-order valence-electron chi connectivity index (χ1n) is 6.98. The summed E-state index contributed by atoms with van der Waals surface area (Å²) in [5.74, 6) is -1.19. The topological polar surface area (TPSA) is 58.9 Å². The summed E-state index contributed by atoms with van der Waals surface area (Å²) in [6, 6.07) is 0. The Balaban J connectivity index is 2.41. The predicted octanol–water partition coefficient (Wildman–Crippen LogP) is 4.36. The molecule has 17 heavy (non-hydrogen) atoms. The second kappa shape index (κ2) is 8.86. The molecular weight excluding hydrogens is 220 g/mol. The van der Waals surface area contributed by atoms with Gasteiger partial charge in [-0.2, -0.15) is 0 Å². The van der Waals surface area contributed by atoms with Crippen molar-refractivity contribution in [1.29, 1.82) is 0 Å². The van der Waals surface area contributed by atoms with Gasteiger partial charge >= 0.3 is 0 Å². The molecular formula is C13H26O4. The van der Waals surface area contributed by atoms with E-state index < -0.39 is 5.79 Å². The Morgan fingerprint density at radius 2 is 0.824 bits per heavy atom. The van der Waals surface area contributed by atoms with Gasteiger partial charge in [-0.15, -0.1) is 0 Å². The van der Waals surface area contributed by atoms with Crippen LogP contribution in [-0.2, 0) is 9.78 Å². The van der Waals surface area contributed by atoms with Gasteiger partial charge in [-0.1, -0.05) is 51.4 Å². The van der Waals surface area contributed by atoms with Crippen LogP contribution in [0.5, 0.6) is 0 Å². The maximum Gasteiger partial charge on any atom is 0.233 e. The zero-order chi connectivity index (χ0) is 12.4. The van der Waals surface area contributed by atoms with Gasteiger partial charge in [-0.25, -0.2) is 20.3 Å². The summed E-state index contributed by atoms with van der Waals surface area (Å²) in [4.78, 5) is 8.78. The molecule has 0 saturated heterocycles. The van der Waals surface area contributed by atoms with Crippen LogP contribution in [0.1, 0.15) is 77.0 Å². The van der Waals surface area contributed by atoms with Crippen LogP contribution in [0, 0.1) is 0 Å². The first-order chi connectivity index (χ1) is 8.33. The van der Waals surface area contributed by atoms with Gasteiger partial charge in [0.25, 0.3) is 0 Å². The Bertz CT molecular complexity index is 164. The molecule has 2 N–H and O–H groups in total. The maximum atomic E-state index is 8.92. The van der Waals surface area contributed by atoms with Crippen molar-refractivity contribution >= 4 is 0 Å². The van der Waals surface area contributed by atoms with E-state index in [0.29, 0.717) is 12.8 Å². The molecule has 1 saturated carbocycles. The van der Waals surface area contributed by atoms with Crippen LogP contribution in [0.15, 0.2) is 0 Å². The summed E-state index contributed by atoms with van der Waals surface area (Å²) < 4.78 is 0. The highest BCUT2D eigenvalue weighted by atomic mass is 17.2. The molecule has 4 heteroatoms. The van der Waals surface area contributed by atoms with Gasteiger partial charge in [0.2, 0.25) is 5.79 Å². The molecule has 0 aromatic rings. The van der Waals surface area contributed by atoms with E-state index in [1.54, 1.807) is 0 Å². The zero-order valence-corrected chi connectivity index (χ0v) is 10.7. The number of hydrogen-bond donors (Lipinski definition) is 2. The minimum atomic E-state index is -1.19. The quantitative estimate of drug-likeness (QED) is 0.432. The molecule has 1 rings (SSSR count). The van der Waals surface area contributed by atoms with E-state index >= 15 is 0 Å². The van der Waals surface area contributed by atoms with E-state index in [2.05, 4.69) is 9.78 Å². The minimum Gasteiger partial charge on any atom is -0.249 e. The van der Waals surface area contributed by atoms with E-state index in [1.165, 1.54) is 38.5 Å². The van der Waals surface area contributed by atoms with Gasteiger partial charge in [0.05, 0.1) is 0 Å². The van der Waals surface area contributed by atoms with Crippen molar-refractivity contribution in [3.63, 3.8) is 0 Å². The summed E-state index contributed by atoms with van der Waals surface area (Å²) in [5.41, 5.74) is 0. The molecule has 0 radical (unpaired) electrons. The van der Waals surface area contributed by atoms with E-state index in [9.17, 15) is 0 Å². The maximum absolute atomic E-state index is 8.92. The SMILES string of the molecule is OOC1(OO)CCCCCCCCCCCC1. The molecule has 0 aromatic carbocycles. The highest BCUT2D eigenvalue weighted by Gasteiger charge is 2.32. The van der Waals surface area contributed by atoms with Gasteiger partial charge in [-0.3, -0.25) is 0 Å². The first-order valence-corrected chi connectivity index (χ1v) is 6.98. The molecule has 0 aromatic heterocycles. The van der Waals surface area contributed by atoms with Crippen LogP contribution < -0.4 is 0 Å². The average molecular weight is 246 g/mol. The van der Waals surface area contributed by atoms with Crippen LogP contribution in [0.4, 0.5) is 0 Å². The fourth-order valence-electron chi connectivity index (χ4n) is 2.53. The van der Waals surface area contributed by atoms with Gasteiger partial charge in [-0.05, 0) is 12.8 Å². The third kappa shape index (κ3) is 5.82. The Morgan fingerprint density at radius 3 is 1.12 bits per heavy atom.